The van der Waals surface area contributed by atoms with Crippen molar-refractivity contribution in [3.8, 4) is 0 Å². The maximum absolute atomic E-state index is 12.2. The molecule has 2 rings (SSSR count). The molecule has 0 heterocycles. The molecule has 0 aliphatic heterocycles. The Kier molecular flexibility index (Phi) is 3.18. The van der Waals surface area contributed by atoms with Gasteiger partial charge in [0.25, 0.3) is 0 Å². The Hall–Kier alpha value is -0.680. The number of ketones is 1. The lowest BCUT2D eigenvalue weighted by Crippen LogP contribution is -2.45. The molecule has 0 saturated heterocycles. The summed E-state index contributed by atoms with van der Waals surface area (Å²) in [6, 6.07) is 0. The quantitative estimate of drug-likeness (QED) is 0.771. The summed E-state index contributed by atoms with van der Waals surface area (Å²) in [5.74, 6) is 0.406. The van der Waals surface area contributed by atoms with E-state index < -0.39 is 15.4 Å². The number of hydrogen-bond acceptors (Lipinski definition) is 3. The monoisotopic (exact) mass is 271 g/mol. The van der Waals surface area contributed by atoms with Crippen LogP contribution < -0.4 is 4.72 Å². The Bertz CT molecular complexity index is 480. The number of carbonyl (C=O) groups excluding carboxylic acids is 1. The molecule has 0 unspecified atom stereocenters. The fourth-order valence-corrected chi connectivity index (χ4v) is 5.47. The van der Waals surface area contributed by atoms with Crippen LogP contribution >= 0.6 is 0 Å². The van der Waals surface area contributed by atoms with E-state index in [9.17, 15) is 13.2 Å². The van der Waals surface area contributed by atoms with E-state index in [0.717, 1.165) is 6.42 Å². The number of hydrogen-bond donors (Lipinski definition) is 1. The van der Waals surface area contributed by atoms with Gasteiger partial charge in [0.1, 0.15) is 5.78 Å². The molecular formula is C13H21NO3S. The molecule has 2 atom stereocenters. The lowest BCUT2D eigenvalue weighted by atomic mass is 9.70. The average Bonchev–Trinajstić information content (AvgIpc) is 2.59. The van der Waals surface area contributed by atoms with Gasteiger partial charge in [-0.25, -0.2) is 13.1 Å². The summed E-state index contributed by atoms with van der Waals surface area (Å²) < 4.78 is 26.6. The van der Waals surface area contributed by atoms with Crippen LogP contribution in [0.25, 0.3) is 0 Å². The van der Waals surface area contributed by atoms with Crippen LogP contribution in [-0.4, -0.2) is 26.5 Å². The Labute approximate surface area is 109 Å². The fourth-order valence-electron chi connectivity index (χ4n) is 3.67. The molecule has 0 aromatic carbocycles. The van der Waals surface area contributed by atoms with Gasteiger partial charge in [0.05, 0.1) is 5.75 Å². The number of carbonyl (C=O) groups is 1. The molecule has 0 spiro atoms. The van der Waals surface area contributed by atoms with E-state index in [1.165, 1.54) is 6.08 Å². The van der Waals surface area contributed by atoms with E-state index in [4.69, 9.17) is 0 Å². The molecule has 2 bridgehead atoms. The first-order chi connectivity index (χ1) is 8.25. The lowest BCUT2D eigenvalue weighted by Gasteiger charge is -2.36. The minimum atomic E-state index is -3.42. The molecule has 2 aliphatic rings. The first-order valence-electron chi connectivity index (χ1n) is 6.37. The second kappa shape index (κ2) is 4.17. The molecule has 18 heavy (non-hydrogen) atoms. The minimum absolute atomic E-state index is 0.0732. The van der Waals surface area contributed by atoms with Gasteiger partial charge in [-0.15, -0.1) is 6.58 Å². The maximum Gasteiger partial charge on any atom is 0.212 e. The Morgan fingerprint density at radius 1 is 1.50 bits per heavy atom. The number of nitrogens with one attached hydrogen (secondary N) is 1. The number of rotatable bonds is 5. The summed E-state index contributed by atoms with van der Waals surface area (Å²) in [5, 5.41) is 0. The van der Waals surface area contributed by atoms with Gasteiger partial charge in [-0.2, -0.15) is 0 Å². The van der Waals surface area contributed by atoms with Crippen molar-refractivity contribution >= 4 is 15.8 Å². The first-order valence-corrected chi connectivity index (χ1v) is 8.02. The second-order valence-electron chi connectivity index (χ2n) is 6.06. The summed E-state index contributed by atoms with van der Waals surface area (Å²) in [6.07, 6.45) is 3.73. The van der Waals surface area contributed by atoms with E-state index in [1.54, 1.807) is 0 Å². The number of Topliss-reactive ketones (excluding diaryl/α,β-unsaturated/α-hetero) is 1. The van der Waals surface area contributed by atoms with Gasteiger partial charge in [0.2, 0.25) is 10.0 Å². The van der Waals surface area contributed by atoms with E-state index in [2.05, 4.69) is 11.3 Å². The smallest absolute Gasteiger partial charge is 0.212 e. The summed E-state index contributed by atoms with van der Waals surface area (Å²) >= 11 is 0. The zero-order chi connectivity index (χ0) is 13.6. The van der Waals surface area contributed by atoms with Gasteiger partial charge < -0.3 is 0 Å². The van der Waals surface area contributed by atoms with Crippen LogP contribution in [-0.2, 0) is 14.8 Å². The molecule has 0 amide bonds. The highest BCUT2D eigenvalue weighted by Gasteiger charge is 2.65. The van der Waals surface area contributed by atoms with Gasteiger partial charge in [-0.1, -0.05) is 19.9 Å². The molecular weight excluding hydrogens is 250 g/mol. The average molecular weight is 271 g/mol. The van der Waals surface area contributed by atoms with Crippen molar-refractivity contribution < 1.29 is 13.2 Å². The van der Waals surface area contributed by atoms with Crippen LogP contribution in [0.3, 0.4) is 0 Å². The van der Waals surface area contributed by atoms with Crippen molar-refractivity contribution in [3.63, 3.8) is 0 Å². The van der Waals surface area contributed by atoms with Gasteiger partial charge in [0, 0.05) is 18.4 Å². The van der Waals surface area contributed by atoms with Gasteiger partial charge >= 0.3 is 0 Å². The molecule has 1 N–H and O–H groups in total. The van der Waals surface area contributed by atoms with Crippen molar-refractivity contribution in [3.05, 3.63) is 12.7 Å². The molecule has 2 aliphatic carbocycles. The van der Waals surface area contributed by atoms with E-state index in [1.807, 2.05) is 13.8 Å². The zero-order valence-corrected chi connectivity index (χ0v) is 11.8. The Morgan fingerprint density at radius 3 is 2.61 bits per heavy atom. The highest BCUT2D eigenvalue weighted by Crippen LogP contribution is 2.64. The zero-order valence-electron chi connectivity index (χ0n) is 11.0. The van der Waals surface area contributed by atoms with E-state index in [-0.39, 0.29) is 23.5 Å². The molecule has 0 aromatic heterocycles. The summed E-state index contributed by atoms with van der Waals surface area (Å²) in [5.41, 5.74) is -0.877. The van der Waals surface area contributed by atoms with Crippen LogP contribution in [0.1, 0.15) is 33.1 Å². The van der Waals surface area contributed by atoms with Crippen LogP contribution in [0.5, 0.6) is 0 Å². The van der Waals surface area contributed by atoms with Crippen molar-refractivity contribution in [2.24, 2.45) is 16.7 Å². The van der Waals surface area contributed by atoms with Gasteiger partial charge in [0.15, 0.2) is 0 Å². The highest BCUT2D eigenvalue weighted by molar-refractivity contribution is 7.89. The Balaban J connectivity index is 2.27. The van der Waals surface area contributed by atoms with Crippen molar-refractivity contribution in [1.82, 2.24) is 4.72 Å². The summed E-state index contributed by atoms with van der Waals surface area (Å²) in [7, 11) is -3.42. The van der Waals surface area contributed by atoms with Crippen molar-refractivity contribution in [2.45, 2.75) is 33.1 Å². The van der Waals surface area contributed by atoms with E-state index >= 15 is 0 Å². The minimum Gasteiger partial charge on any atom is -0.299 e. The molecule has 4 nitrogen and oxygen atoms in total. The lowest BCUT2D eigenvalue weighted by molar-refractivity contribution is -0.128. The van der Waals surface area contributed by atoms with Crippen LogP contribution in [0, 0.1) is 16.7 Å². The molecule has 0 radical (unpaired) electrons. The first kappa shape index (κ1) is 13.7. The number of sulfonamides is 1. The fraction of sp³-hybridized carbons (Fsp3) is 0.769. The SMILES string of the molecule is C=CCNS(=O)(=O)C[C@@]12CC[C@@H](CC1=O)C2(C)C. The predicted octanol–water partition coefficient (Wildman–Crippen LogP) is 1.49. The normalized spacial score (nSPS) is 33.9. The highest BCUT2D eigenvalue weighted by atomic mass is 32.2. The summed E-state index contributed by atoms with van der Waals surface area (Å²) in [4.78, 5) is 12.2. The van der Waals surface area contributed by atoms with Crippen LogP contribution in [0.2, 0.25) is 0 Å². The third-order valence-corrected chi connectivity index (χ3v) is 6.50. The third kappa shape index (κ3) is 1.84. The van der Waals surface area contributed by atoms with Crippen LogP contribution in [0.4, 0.5) is 0 Å². The Morgan fingerprint density at radius 2 is 2.17 bits per heavy atom. The molecule has 2 saturated carbocycles. The molecule has 2 fully saturated rings. The van der Waals surface area contributed by atoms with E-state index in [0.29, 0.717) is 18.8 Å². The van der Waals surface area contributed by atoms with Crippen molar-refractivity contribution in [1.29, 1.82) is 0 Å². The molecule has 5 heteroatoms. The predicted molar refractivity (Wildman–Crippen MR) is 70.5 cm³/mol. The third-order valence-electron chi connectivity index (χ3n) is 5.02. The topological polar surface area (TPSA) is 63.2 Å². The molecule has 0 aromatic rings. The molecule has 102 valence electrons. The van der Waals surface area contributed by atoms with Crippen LogP contribution in [0.15, 0.2) is 12.7 Å². The van der Waals surface area contributed by atoms with Crippen molar-refractivity contribution in [2.75, 3.05) is 12.3 Å². The summed E-state index contributed by atoms with van der Waals surface area (Å²) in [6.45, 7) is 7.79. The van der Waals surface area contributed by atoms with Gasteiger partial charge in [-0.3, -0.25) is 4.79 Å². The van der Waals surface area contributed by atoms with Gasteiger partial charge in [-0.05, 0) is 24.2 Å². The largest absolute Gasteiger partial charge is 0.299 e. The maximum atomic E-state index is 12.2. The number of fused-ring (bicyclic) bond motifs is 2. The second-order valence-corrected chi connectivity index (χ2v) is 7.87. The standard InChI is InChI=1S/C13H21NO3S/c1-4-7-14-18(16,17)9-13-6-5-10(8-11(13)15)12(13,2)3/h4,10,14H,1,5-9H2,2-3H3/t10-,13-/m0/s1.